The van der Waals surface area contributed by atoms with Crippen LogP contribution in [0, 0.1) is 0 Å². The summed E-state index contributed by atoms with van der Waals surface area (Å²) >= 11 is 3.49. The maximum Gasteiger partial charge on any atom is 0.246 e. The quantitative estimate of drug-likeness (QED) is 0.665. The first-order valence-electron chi connectivity index (χ1n) is 9.53. The van der Waals surface area contributed by atoms with E-state index in [0.717, 1.165) is 32.2 Å². The fraction of sp³-hybridized carbons (Fsp3) is 0.273. The van der Waals surface area contributed by atoms with E-state index in [-0.39, 0.29) is 24.4 Å². The molecule has 2 aliphatic heterocycles. The summed E-state index contributed by atoms with van der Waals surface area (Å²) in [5, 5.41) is 1.13. The van der Waals surface area contributed by atoms with Gasteiger partial charge in [-0.3, -0.25) is 9.59 Å². The molecule has 0 saturated carbocycles. The lowest BCUT2D eigenvalue weighted by Gasteiger charge is -2.47. The van der Waals surface area contributed by atoms with Gasteiger partial charge in [-0.25, -0.2) is 0 Å². The highest BCUT2D eigenvalue weighted by atomic mass is 79.9. The fourth-order valence-electron chi connectivity index (χ4n) is 4.58. The Morgan fingerprint density at radius 3 is 2.61 bits per heavy atom. The van der Waals surface area contributed by atoms with E-state index in [9.17, 15) is 9.59 Å². The normalized spacial score (nSPS) is 21.8. The topological polar surface area (TPSA) is 56.4 Å². The molecule has 2 aromatic carbocycles. The molecule has 2 atom stereocenters. The molecule has 5 rings (SSSR count). The van der Waals surface area contributed by atoms with Crippen molar-refractivity contribution < 1.29 is 9.59 Å². The lowest BCUT2D eigenvalue weighted by Crippen LogP contribution is -2.62. The Hall–Kier alpha value is -2.60. The summed E-state index contributed by atoms with van der Waals surface area (Å²) in [6.07, 6.45) is 0.549. The molecule has 1 fully saturated rings. The van der Waals surface area contributed by atoms with Crippen molar-refractivity contribution in [1.82, 2.24) is 14.8 Å². The Bertz CT molecular complexity index is 1090. The zero-order chi connectivity index (χ0) is 19.4. The van der Waals surface area contributed by atoms with Crippen LogP contribution in [0.5, 0.6) is 0 Å². The number of fused-ring (bicyclic) bond motifs is 4. The van der Waals surface area contributed by atoms with E-state index in [1.54, 1.807) is 9.80 Å². The number of aromatic nitrogens is 1. The third kappa shape index (κ3) is 2.51. The first-order valence-corrected chi connectivity index (χ1v) is 10.3. The standard InChI is InChI=1S/C22H20BrN3O2/c1-2-25-12-19(27)26-18(22(25)28)11-16-15-5-3-4-6-17(15)24-20(16)21(26)13-7-9-14(23)10-8-13/h3-10,18,21,24H,2,11-12H2,1H3/t18-,21+/m0/s1. The van der Waals surface area contributed by atoms with Crippen LogP contribution in [-0.4, -0.2) is 45.7 Å². The van der Waals surface area contributed by atoms with Gasteiger partial charge in [0.15, 0.2) is 0 Å². The van der Waals surface area contributed by atoms with Crippen LogP contribution in [0.1, 0.15) is 29.8 Å². The number of para-hydroxylation sites is 1. The molecule has 1 aromatic heterocycles. The molecule has 1 N–H and O–H groups in total. The summed E-state index contributed by atoms with van der Waals surface area (Å²) in [5.74, 6) is 0.0452. The van der Waals surface area contributed by atoms with Gasteiger partial charge in [-0.2, -0.15) is 0 Å². The van der Waals surface area contributed by atoms with Crippen LogP contribution in [0.2, 0.25) is 0 Å². The molecule has 2 aliphatic rings. The van der Waals surface area contributed by atoms with E-state index in [2.05, 4.69) is 27.0 Å². The van der Waals surface area contributed by atoms with Gasteiger partial charge >= 0.3 is 0 Å². The van der Waals surface area contributed by atoms with Crippen LogP contribution in [0.25, 0.3) is 10.9 Å². The van der Waals surface area contributed by atoms with Crippen molar-refractivity contribution in [2.24, 2.45) is 0 Å². The molecular formula is C22H20BrN3O2. The van der Waals surface area contributed by atoms with Crippen LogP contribution in [0.3, 0.4) is 0 Å². The molecule has 0 radical (unpaired) electrons. The number of aromatic amines is 1. The van der Waals surface area contributed by atoms with Crippen LogP contribution in [-0.2, 0) is 16.0 Å². The number of amides is 2. The molecular weight excluding hydrogens is 418 g/mol. The first-order chi connectivity index (χ1) is 13.6. The predicted octanol–water partition coefficient (Wildman–Crippen LogP) is 3.64. The summed E-state index contributed by atoms with van der Waals surface area (Å²) in [6.45, 7) is 2.63. The van der Waals surface area contributed by atoms with E-state index in [1.807, 2.05) is 49.4 Å². The molecule has 3 aromatic rings. The number of carbonyl (C=O) groups excluding carboxylic acids is 2. The molecule has 3 heterocycles. The van der Waals surface area contributed by atoms with E-state index in [4.69, 9.17) is 0 Å². The minimum absolute atomic E-state index is 0.00340. The summed E-state index contributed by atoms with van der Waals surface area (Å²) < 4.78 is 0.985. The molecule has 0 bridgehead atoms. The maximum atomic E-state index is 13.1. The number of H-pyrrole nitrogens is 1. The number of likely N-dealkylation sites (N-methyl/N-ethyl adjacent to an activating group) is 1. The zero-order valence-electron chi connectivity index (χ0n) is 15.5. The number of carbonyl (C=O) groups is 2. The lowest BCUT2D eigenvalue weighted by atomic mass is 9.86. The number of hydrogen-bond acceptors (Lipinski definition) is 2. The number of nitrogens with zero attached hydrogens (tertiary/aromatic N) is 2. The number of hydrogen-bond donors (Lipinski definition) is 1. The smallest absolute Gasteiger partial charge is 0.246 e. The Labute approximate surface area is 171 Å². The monoisotopic (exact) mass is 437 g/mol. The van der Waals surface area contributed by atoms with Gasteiger partial charge in [0.05, 0.1) is 12.6 Å². The predicted molar refractivity (Wildman–Crippen MR) is 111 cm³/mol. The summed E-state index contributed by atoms with van der Waals surface area (Å²) in [7, 11) is 0. The van der Waals surface area contributed by atoms with Crippen LogP contribution in [0.4, 0.5) is 0 Å². The second kappa shape index (κ2) is 6.48. The number of benzene rings is 2. The van der Waals surface area contributed by atoms with E-state index in [0.29, 0.717) is 13.0 Å². The highest BCUT2D eigenvalue weighted by Crippen LogP contribution is 2.42. The number of piperazine rings is 1. The van der Waals surface area contributed by atoms with Crippen molar-refractivity contribution in [2.45, 2.75) is 25.4 Å². The second-order valence-electron chi connectivity index (χ2n) is 7.39. The Kier molecular flexibility index (Phi) is 4.05. The van der Waals surface area contributed by atoms with Gasteiger partial charge in [0.2, 0.25) is 11.8 Å². The van der Waals surface area contributed by atoms with Gasteiger partial charge < -0.3 is 14.8 Å². The summed E-state index contributed by atoms with van der Waals surface area (Å²) in [6, 6.07) is 15.4. The summed E-state index contributed by atoms with van der Waals surface area (Å²) in [4.78, 5) is 33.3. The average Bonchev–Trinajstić information content (AvgIpc) is 3.08. The van der Waals surface area contributed by atoms with Gasteiger partial charge in [0.1, 0.15) is 6.04 Å². The van der Waals surface area contributed by atoms with Crippen LogP contribution >= 0.6 is 15.9 Å². The Morgan fingerprint density at radius 1 is 1.11 bits per heavy atom. The van der Waals surface area contributed by atoms with Gasteiger partial charge in [0.25, 0.3) is 0 Å². The zero-order valence-corrected chi connectivity index (χ0v) is 17.1. The average molecular weight is 438 g/mol. The van der Waals surface area contributed by atoms with Crippen LogP contribution in [0.15, 0.2) is 53.0 Å². The Morgan fingerprint density at radius 2 is 1.86 bits per heavy atom. The molecule has 0 spiro atoms. The fourth-order valence-corrected chi connectivity index (χ4v) is 4.85. The first kappa shape index (κ1) is 17.5. The maximum absolute atomic E-state index is 13.1. The molecule has 142 valence electrons. The molecule has 2 amide bonds. The largest absolute Gasteiger partial charge is 0.356 e. The molecule has 0 unspecified atom stereocenters. The van der Waals surface area contributed by atoms with Crippen molar-refractivity contribution in [3.63, 3.8) is 0 Å². The number of nitrogens with one attached hydrogen (secondary N) is 1. The lowest BCUT2D eigenvalue weighted by molar-refractivity contribution is -0.158. The molecule has 0 aliphatic carbocycles. The second-order valence-corrected chi connectivity index (χ2v) is 8.31. The molecule has 6 heteroatoms. The van der Waals surface area contributed by atoms with Crippen molar-refractivity contribution in [2.75, 3.05) is 13.1 Å². The molecule has 28 heavy (non-hydrogen) atoms. The van der Waals surface area contributed by atoms with Crippen molar-refractivity contribution in [1.29, 1.82) is 0 Å². The number of rotatable bonds is 2. The van der Waals surface area contributed by atoms with Gasteiger partial charge in [0, 0.05) is 34.0 Å². The highest BCUT2D eigenvalue weighted by molar-refractivity contribution is 9.10. The third-order valence-corrected chi connectivity index (χ3v) is 6.44. The van der Waals surface area contributed by atoms with E-state index < -0.39 is 6.04 Å². The van der Waals surface area contributed by atoms with E-state index in [1.165, 1.54) is 0 Å². The van der Waals surface area contributed by atoms with Crippen molar-refractivity contribution in [3.05, 3.63) is 69.8 Å². The van der Waals surface area contributed by atoms with Gasteiger partial charge in [-0.05, 0) is 36.2 Å². The van der Waals surface area contributed by atoms with Crippen molar-refractivity contribution in [3.8, 4) is 0 Å². The van der Waals surface area contributed by atoms with Gasteiger partial charge in [-0.1, -0.05) is 46.3 Å². The summed E-state index contributed by atoms with van der Waals surface area (Å²) in [5.41, 5.74) is 4.21. The van der Waals surface area contributed by atoms with E-state index >= 15 is 0 Å². The molecule has 5 nitrogen and oxygen atoms in total. The highest BCUT2D eigenvalue weighted by Gasteiger charge is 2.47. The number of halogens is 1. The van der Waals surface area contributed by atoms with Crippen LogP contribution < -0.4 is 0 Å². The minimum Gasteiger partial charge on any atom is -0.356 e. The van der Waals surface area contributed by atoms with Crippen molar-refractivity contribution >= 4 is 38.6 Å². The minimum atomic E-state index is -0.457. The molecule has 1 saturated heterocycles. The SMILES string of the molecule is CCN1CC(=O)N2[C@H](c3ccc(Br)cc3)c3[nH]c4ccccc4c3C[C@H]2C1=O. The van der Waals surface area contributed by atoms with Gasteiger partial charge in [-0.15, -0.1) is 0 Å². The third-order valence-electron chi connectivity index (χ3n) is 5.91. The Balaban J connectivity index is 1.74.